The molecule has 1 aliphatic rings. The van der Waals surface area contributed by atoms with Crippen LogP contribution in [0.15, 0.2) is 12.1 Å². The Morgan fingerprint density at radius 2 is 2.15 bits per heavy atom. The molecule has 0 unspecified atom stereocenters. The van der Waals surface area contributed by atoms with Gasteiger partial charge in [-0.3, -0.25) is 0 Å². The SMILES string of the molecule is CCNCC1(CN(C)Cc2ccc(Cl)s2)CCOCC1. The zero-order valence-corrected chi connectivity index (χ0v) is 14.0. The van der Waals surface area contributed by atoms with Crippen LogP contribution in [0.2, 0.25) is 4.34 Å². The van der Waals surface area contributed by atoms with E-state index in [0.717, 1.165) is 56.6 Å². The Morgan fingerprint density at radius 3 is 2.75 bits per heavy atom. The number of halogens is 1. The summed E-state index contributed by atoms with van der Waals surface area (Å²) in [5.74, 6) is 0. The molecule has 0 saturated carbocycles. The van der Waals surface area contributed by atoms with Crippen LogP contribution < -0.4 is 5.32 Å². The molecule has 0 radical (unpaired) electrons. The van der Waals surface area contributed by atoms with Gasteiger partial charge in [-0.05, 0) is 44.0 Å². The maximum absolute atomic E-state index is 6.01. The molecule has 114 valence electrons. The Kier molecular flexibility index (Phi) is 6.30. The van der Waals surface area contributed by atoms with Gasteiger partial charge in [0, 0.05) is 37.7 Å². The minimum absolute atomic E-state index is 0.351. The molecule has 1 aromatic rings. The van der Waals surface area contributed by atoms with E-state index in [1.807, 2.05) is 6.07 Å². The smallest absolute Gasteiger partial charge is 0.0931 e. The van der Waals surface area contributed by atoms with E-state index in [2.05, 4.69) is 30.3 Å². The number of ether oxygens (including phenoxy) is 1. The van der Waals surface area contributed by atoms with Crippen LogP contribution in [0.3, 0.4) is 0 Å². The molecular formula is C15H25ClN2OS. The molecule has 0 aliphatic carbocycles. The second-order valence-electron chi connectivity index (χ2n) is 5.77. The zero-order valence-electron chi connectivity index (χ0n) is 12.5. The van der Waals surface area contributed by atoms with Crippen LogP contribution in [0.25, 0.3) is 0 Å². The van der Waals surface area contributed by atoms with Crippen LogP contribution >= 0.6 is 22.9 Å². The molecule has 0 atom stereocenters. The van der Waals surface area contributed by atoms with Crippen molar-refractivity contribution < 1.29 is 4.74 Å². The first kappa shape index (κ1) is 16.2. The molecule has 0 bridgehead atoms. The lowest BCUT2D eigenvalue weighted by Gasteiger charge is -2.40. The molecule has 2 rings (SSSR count). The van der Waals surface area contributed by atoms with Crippen LogP contribution in [0, 0.1) is 5.41 Å². The van der Waals surface area contributed by atoms with E-state index in [9.17, 15) is 0 Å². The van der Waals surface area contributed by atoms with E-state index in [1.54, 1.807) is 11.3 Å². The highest BCUT2D eigenvalue weighted by Crippen LogP contribution is 2.31. The van der Waals surface area contributed by atoms with E-state index >= 15 is 0 Å². The van der Waals surface area contributed by atoms with Gasteiger partial charge in [-0.15, -0.1) is 11.3 Å². The molecule has 2 heterocycles. The standard InChI is InChI=1S/C15H25ClN2OS/c1-3-17-11-15(6-8-19-9-7-15)12-18(2)10-13-4-5-14(16)20-13/h4-5,17H,3,6-12H2,1-2H3. The normalized spacial score (nSPS) is 18.6. The average Bonchev–Trinajstić information content (AvgIpc) is 2.82. The molecule has 1 fully saturated rings. The Balaban J connectivity index is 1.92. The Labute approximate surface area is 131 Å². The van der Waals surface area contributed by atoms with Crippen molar-refractivity contribution in [1.82, 2.24) is 10.2 Å². The molecule has 1 aliphatic heterocycles. The fourth-order valence-corrected chi connectivity index (χ4v) is 4.08. The van der Waals surface area contributed by atoms with Crippen LogP contribution in [0.5, 0.6) is 0 Å². The van der Waals surface area contributed by atoms with Gasteiger partial charge in [0.15, 0.2) is 0 Å². The summed E-state index contributed by atoms with van der Waals surface area (Å²) in [7, 11) is 2.21. The van der Waals surface area contributed by atoms with Gasteiger partial charge < -0.3 is 15.0 Å². The number of nitrogens with zero attached hydrogens (tertiary/aromatic N) is 1. The van der Waals surface area contributed by atoms with Crippen molar-refractivity contribution in [3.05, 3.63) is 21.3 Å². The summed E-state index contributed by atoms with van der Waals surface area (Å²) in [6.07, 6.45) is 2.30. The van der Waals surface area contributed by atoms with Crippen molar-refractivity contribution in [2.45, 2.75) is 26.3 Å². The van der Waals surface area contributed by atoms with Gasteiger partial charge in [-0.1, -0.05) is 18.5 Å². The third kappa shape index (κ3) is 4.71. The summed E-state index contributed by atoms with van der Waals surface area (Å²) < 4.78 is 6.42. The molecular weight excluding hydrogens is 292 g/mol. The van der Waals surface area contributed by atoms with E-state index in [0.29, 0.717) is 5.41 Å². The fourth-order valence-electron chi connectivity index (χ4n) is 2.92. The number of thiophene rings is 1. The first-order valence-corrected chi connectivity index (χ1v) is 8.54. The average molecular weight is 317 g/mol. The van der Waals surface area contributed by atoms with Crippen LogP contribution in [-0.4, -0.2) is 44.8 Å². The summed E-state index contributed by atoms with van der Waals surface area (Å²) in [5, 5.41) is 3.53. The maximum Gasteiger partial charge on any atom is 0.0931 e. The summed E-state index contributed by atoms with van der Waals surface area (Å²) >= 11 is 7.68. The molecule has 1 aromatic heterocycles. The summed E-state index contributed by atoms with van der Waals surface area (Å²) in [6, 6.07) is 4.11. The molecule has 0 amide bonds. The van der Waals surface area contributed by atoms with Crippen molar-refractivity contribution in [2.75, 3.05) is 39.9 Å². The second kappa shape index (κ2) is 7.76. The fraction of sp³-hybridized carbons (Fsp3) is 0.733. The number of rotatable bonds is 7. The van der Waals surface area contributed by atoms with E-state index in [4.69, 9.17) is 16.3 Å². The monoisotopic (exact) mass is 316 g/mol. The lowest BCUT2D eigenvalue weighted by molar-refractivity contribution is -0.00127. The number of nitrogens with one attached hydrogen (secondary N) is 1. The maximum atomic E-state index is 6.01. The molecule has 3 nitrogen and oxygen atoms in total. The molecule has 0 aromatic carbocycles. The van der Waals surface area contributed by atoms with Crippen molar-refractivity contribution in [3.8, 4) is 0 Å². The van der Waals surface area contributed by atoms with E-state index in [1.165, 1.54) is 4.88 Å². The summed E-state index contributed by atoms with van der Waals surface area (Å²) in [6.45, 7) is 8.17. The van der Waals surface area contributed by atoms with Gasteiger partial charge in [-0.2, -0.15) is 0 Å². The van der Waals surface area contributed by atoms with Gasteiger partial charge in [-0.25, -0.2) is 0 Å². The van der Waals surface area contributed by atoms with Crippen LogP contribution in [-0.2, 0) is 11.3 Å². The van der Waals surface area contributed by atoms with Gasteiger partial charge in [0.1, 0.15) is 0 Å². The van der Waals surface area contributed by atoms with Crippen molar-refractivity contribution in [1.29, 1.82) is 0 Å². The van der Waals surface area contributed by atoms with Gasteiger partial charge >= 0.3 is 0 Å². The zero-order chi connectivity index (χ0) is 14.4. The molecule has 1 N–H and O–H groups in total. The molecule has 0 spiro atoms. The Morgan fingerprint density at radius 1 is 1.40 bits per heavy atom. The third-order valence-electron chi connectivity index (χ3n) is 3.96. The summed E-state index contributed by atoms with van der Waals surface area (Å²) in [5.41, 5.74) is 0.351. The Hall–Kier alpha value is -0.130. The summed E-state index contributed by atoms with van der Waals surface area (Å²) in [4.78, 5) is 3.76. The lowest BCUT2D eigenvalue weighted by Crippen LogP contribution is -2.46. The van der Waals surface area contributed by atoms with Crippen molar-refractivity contribution >= 4 is 22.9 Å². The minimum Gasteiger partial charge on any atom is -0.381 e. The minimum atomic E-state index is 0.351. The van der Waals surface area contributed by atoms with Gasteiger partial charge in [0.2, 0.25) is 0 Å². The van der Waals surface area contributed by atoms with Crippen molar-refractivity contribution in [3.63, 3.8) is 0 Å². The Bertz CT molecular complexity index is 404. The number of hydrogen-bond donors (Lipinski definition) is 1. The largest absolute Gasteiger partial charge is 0.381 e. The molecule has 5 heteroatoms. The first-order chi connectivity index (χ1) is 9.63. The quantitative estimate of drug-likeness (QED) is 0.836. The van der Waals surface area contributed by atoms with E-state index in [-0.39, 0.29) is 0 Å². The predicted molar refractivity (Wildman–Crippen MR) is 86.7 cm³/mol. The van der Waals surface area contributed by atoms with Crippen LogP contribution in [0.1, 0.15) is 24.6 Å². The second-order valence-corrected chi connectivity index (χ2v) is 7.57. The predicted octanol–water partition coefficient (Wildman–Crippen LogP) is 3.24. The third-order valence-corrected chi connectivity index (χ3v) is 5.18. The van der Waals surface area contributed by atoms with Crippen LogP contribution in [0.4, 0.5) is 0 Å². The molecule has 20 heavy (non-hydrogen) atoms. The van der Waals surface area contributed by atoms with Crippen molar-refractivity contribution in [2.24, 2.45) is 5.41 Å². The van der Waals surface area contributed by atoms with Gasteiger partial charge in [0.05, 0.1) is 4.34 Å². The first-order valence-electron chi connectivity index (χ1n) is 7.35. The number of hydrogen-bond acceptors (Lipinski definition) is 4. The lowest BCUT2D eigenvalue weighted by atomic mass is 9.79. The van der Waals surface area contributed by atoms with Gasteiger partial charge in [0.25, 0.3) is 0 Å². The highest BCUT2D eigenvalue weighted by Gasteiger charge is 2.33. The molecule has 1 saturated heterocycles. The topological polar surface area (TPSA) is 24.5 Å². The highest BCUT2D eigenvalue weighted by atomic mass is 35.5. The highest BCUT2D eigenvalue weighted by molar-refractivity contribution is 7.16. The van der Waals surface area contributed by atoms with E-state index < -0.39 is 0 Å².